The van der Waals surface area contributed by atoms with Gasteiger partial charge >= 0.3 is 0 Å². The zero-order chi connectivity index (χ0) is 15.8. The van der Waals surface area contributed by atoms with Gasteiger partial charge in [0.15, 0.2) is 0 Å². The van der Waals surface area contributed by atoms with Crippen LogP contribution in [-0.4, -0.2) is 31.3 Å². The van der Waals surface area contributed by atoms with E-state index >= 15 is 0 Å². The summed E-state index contributed by atoms with van der Waals surface area (Å²) in [6.07, 6.45) is 6.26. The summed E-state index contributed by atoms with van der Waals surface area (Å²) in [5.74, 6) is 0.747. The van der Waals surface area contributed by atoms with Gasteiger partial charge in [0.25, 0.3) is 0 Å². The fourth-order valence-electron chi connectivity index (χ4n) is 2.28. The average molecular weight is 303 g/mol. The van der Waals surface area contributed by atoms with Crippen LogP contribution in [0.25, 0.3) is 6.08 Å². The molecule has 1 saturated heterocycles. The molecule has 1 aromatic carbocycles. The molecule has 0 aromatic heterocycles. The number of amides is 1. The van der Waals surface area contributed by atoms with Crippen molar-refractivity contribution in [2.24, 2.45) is 0 Å². The maximum absolute atomic E-state index is 12.0. The first-order chi connectivity index (χ1) is 10.7. The molecule has 1 N–H and O–H groups in total. The van der Waals surface area contributed by atoms with E-state index in [1.54, 1.807) is 6.08 Å². The van der Waals surface area contributed by atoms with Crippen LogP contribution in [-0.2, 0) is 9.53 Å². The second kappa shape index (κ2) is 8.59. The number of carbonyl (C=O) groups excluding carboxylic acids is 1. The van der Waals surface area contributed by atoms with Gasteiger partial charge in [-0.25, -0.2) is 0 Å². The third-order valence-electron chi connectivity index (χ3n) is 3.80. The summed E-state index contributed by atoms with van der Waals surface area (Å²) in [6.45, 7) is 5.57. The minimum absolute atomic E-state index is 0.0646. The SMILES string of the molecule is CC[C@H](C)Oc1ccccc1/C=C\C(=O)NC1CCOCC1. The highest BCUT2D eigenvalue weighted by molar-refractivity contribution is 5.92. The van der Waals surface area contributed by atoms with E-state index in [0.717, 1.165) is 43.8 Å². The van der Waals surface area contributed by atoms with Crippen molar-refractivity contribution in [3.05, 3.63) is 35.9 Å². The molecule has 0 unspecified atom stereocenters. The number of ether oxygens (including phenoxy) is 2. The van der Waals surface area contributed by atoms with E-state index < -0.39 is 0 Å². The first-order valence-corrected chi connectivity index (χ1v) is 8.01. The summed E-state index contributed by atoms with van der Waals surface area (Å²) in [5.41, 5.74) is 0.921. The summed E-state index contributed by atoms with van der Waals surface area (Å²) < 4.78 is 11.2. The molecule has 2 rings (SSSR count). The van der Waals surface area contributed by atoms with Crippen LogP contribution in [0.5, 0.6) is 5.75 Å². The van der Waals surface area contributed by atoms with E-state index in [9.17, 15) is 4.79 Å². The van der Waals surface area contributed by atoms with E-state index in [0.29, 0.717) is 0 Å². The third-order valence-corrected chi connectivity index (χ3v) is 3.80. The number of hydrogen-bond acceptors (Lipinski definition) is 3. The van der Waals surface area contributed by atoms with Gasteiger partial charge in [0.05, 0.1) is 6.10 Å². The Kier molecular flexibility index (Phi) is 6.46. The van der Waals surface area contributed by atoms with Crippen LogP contribution < -0.4 is 10.1 Å². The minimum Gasteiger partial charge on any atom is -0.490 e. The third kappa shape index (κ3) is 5.19. The predicted octanol–water partition coefficient (Wildman–Crippen LogP) is 3.17. The summed E-state index contributed by atoms with van der Waals surface area (Å²) in [5, 5.41) is 3.01. The number of hydrogen-bond donors (Lipinski definition) is 1. The normalized spacial score (nSPS) is 17.4. The number of carbonyl (C=O) groups is 1. The molecule has 0 radical (unpaired) electrons. The Hall–Kier alpha value is -1.81. The Labute approximate surface area is 132 Å². The van der Waals surface area contributed by atoms with Crippen molar-refractivity contribution in [2.45, 2.75) is 45.3 Å². The molecule has 22 heavy (non-hydrogen) atoms. The molecule has 120 valence electrons. The number of para-hydroxylation sites is 1. The lowest BCUT2D eigenvalue weighted by Crippen LogP contribution is -2.37. The highest BCUT2D eigenvalue weighted by Gasteiger charge is 2.14. The molecule has 4 heteroatoms. The molecule has 1 aliphatic heterocycles. The van der Waals surface area contributed by atoms with Crippen molar-refractivity contribution in [3.8, 4) is 5.75 Å². The first kappa shape index (κ1) is 16.6. The first-order valence-electron chi connectivity index (χ1n) is 8.01. The number of nitrogens with one attached hydrogen (secondary N) is 1. The summed E-state index contributed by atoms with van der Waals surface area (Å²) in [4.78, 5) is 12.0. The Morgan fingerprint density at radius 2 is 2.14 bits per heavy atom. The van der Waals surface area contributed by atoms with Crippen LogP contribution in [0.4, 0.5) is 0 Å². The molecular formula is C18H25NO3. The smallest absolute Gasteiger partial charge is 0.244 e. The molecular weight excluding hydrogens is 278 g/mol. The van der Waals surface area contributed by atoms with Crippen LogP contribution >= 0.6 is 0 Å². The second-order valence-corrected chi connectivity index (χ2v) is 5.60. The van der Waals surface area contributed by atoms with E-state index in [1.807, 2.05) is 37.3 Å². The molecule has 1 aliphatic rings. The number of benzene rings is 1. The molecule has 1 aromatic rings. The molecule has 1 atom stereocenters. The standard InChI is InChI=1S/C18H25NO3/c1-3-14(2)22-17-7-5-4-6-15(17)8-9-18(20)19-16-10-12-21-13-11-16/h4-9,14,16H,3,10-13H2,1-2H3,(H,19,20)/b9-8-/t14-/m0/s1. The fourth-order valence-corrected chi connectivity index (χ4v) is 2.28. The van der Waals surface area contributed by atoms with Crippen LogP contribution in [0.2, 0.25) is 0 Å². The molecule has 0 aliphatic carbocycles. The predicted molar refractivity (Wildman–Crippen MR) is 87.8 cm³/mol. The van der Waals surface area contributed by atoms with Gasteiger partial charge in [-0.2, -0.15) is 0 Å². The average Bonchev–Trinajstić information content (AvgIpc) is 2.55. The number of rotatable bonds is 6. The zero-order valence-electron chi connectivity index (χ0n) is 13.4. The monoisotopic (exact) mass is 303 g/mol. The summed E-state index contributed by atoms with van der Waals surface area (Å²) >= 11 is 0. The maximum atomic E-state index is 12.0. The minimum atomic E-state index is -0.0646. The van der Waals surface area contributed by atoms with Gasteiger partial charge in [0.2, 0.25) is 5.91 Å². The van der Waals surface area contributed by atoms with Gasteiger partial charge in [-0.15, -0.1) is 0 Å². The molecule has 1 amide bonds. The van der Waals surface area contributed by atoms with E-state index in [4.69, 9.17) is 9.47 Å². The largest absolute Gasteiger partial charge is 0.490 e. The highest BCUT2D eigenvalue weighted by atomic mass is 16.5. The van der Waals surface area contributed by atoms with Crippen LogP contribution in [0, 0.1) is 0 Å². The second-order valence-electron chi connectivity index (χ2n) is 5.60. The Morgan fingerprint density at radius 3 is 2.86 bits per heavy atom. The lowest BCUT2D eigenvalue weighted by atomic mass is 10.1. The van der Waals surface area contributed by atoms with Gasteiger partial charge in [0, 0.05) is 30.9 Å². The van der Waals surface area contributed by atoms with Crippen molar-refractivity contribution in [1.29, 1.82) is 0 Å². The quantitative estimate of drug-likeness (QED) is 0.821. The lowest BCUT2D eigenvalue weighted by Gasteiger charge is -2.22. The van der Waals surface area contributed by atoms with Gasteiger partial charge in [-0.1, -0.05) is 25.1 Å². The van der Waals surface area contributed by atoms with Crippen LogP contribution in [0.1, 0.15) is 38.7 Å². The van der Waals surface area contributed by atoms with Crippen LogP contribution in [0.15, 0.2) is 30.3 Å². The Bertz CT molecular complexity index is 507. The molecule has 0 saturated carbocycles. The summed E-state index contributed by atoms with van der Waals surface area (Å²) in [7, 11) is 0. The van der Waals surface area contributed by atoms with Crippen molar-refractivity contribution in [3.63, 3.8) is 0 Å². The Morgan fingerprint density at radius 1 is 1.41 bits per heavy atom. The van der Waals surface area contributed by atoms with Crippen LogP contribution in [0.3, 0.4) is 0 Å². The molecule has 0 bridgehead atoms. The molecule has 1 heterocycles. The Balaban J connectivity index is 1.95. The van der Waals surface area contributed by atoms with Gasteiger partial charge in [-0.05, 0) is 38.3 Å². The van der Waals surface area contributed by atoms with Crippen molar-refractivity contribution in [1.82, 2.24) is 5.32 Å². The van der Waals surface area contributed by atoms with E-state index in [2.05, 4.69) is 12.2 Å². The molecule has 1 fully saturated rings. The van der Waals surface area contributed by atoms with E-state index in [-0.39, 0.29) is 18.1 Å². The van der Waals surface area contributed by atoms with E-state index in [1.165, 1.54) is 0 Å². The fraction of sp³-hybridized carbons (Fsp3) is 0.500. The van der Waals surface area contributed by atoms with Crippen molar-refractivity contribution < 1.29 is 14.3 Å². The maximum Gasteiger partial charge on any atom is 0.244 e. The molecule has 0 spiro atoms. The van der Waals surface area contributed by atoms with Gasteiger partial charge < -0.3 is 14.8 Å². The zero-order valence-corrected chi connectivity index (χ0v) is 13.4. The van der Waals surface area contributed by atoms with Gasteiger partial charge in [-0.3, -0.25) is 4.79 Å². The topological polar surface area (TPSA) is 47.6 Å². The highest BCUT2D eigenvalue weighted by Crippen LogP contribution is 2.21. The van der Waals surface area contributed by atoms with Crippen molar-refractivity contribution >= 4 is 12.0 Å². The lowest BCUT2D eigenvalue weighted by molar-refractivity contribution is -0.117. The molecule has 4 nitrogen and oxygen atoms in total. The summed E-state index contributed by atoms with van der Waals surface area (Å²) in [6, 6.07) is 7.99. The van der Waals surface area contributed by atoms with Gasteiger partial charge in [0.1, 0.15) is 5.75 Å². The van der Waals surface area contributed by atoms with Crippen molar-refractivity contribution in [2.75, 3.05) is 13.2 Å².